The third kappa shape index (κ3) is 2.11. The molecule has 1 N–H and O–H groups in total. The normalized spacial score (nSPS) is 27.5. The minimum absolute atomic E-state index is 0.209. The van der Waals surface area contributed by atoms with Gasteiger partial charge in [-0.1, -0.05) is 6.42 Å². The number of nitrogens with zero attached hydrogens (tertiary/aromatic N) is 3. The van der Waals surface area contributed by atoms with Gasteiger partial charge in [-0.15, -0.1) is 0 Å². The monoisotopic (exact) mass is 317 g/mol. The van der Waals surface area contributed by atoms with Gasteiger partial charge in [0.1, 0.15) is 0 Å². The summed E-state index contributed by atoms with van der Waals surface area (Å²) in [4.78, 5) is 26.4. The molecule has 124 valence electrons. The average molecular weight is 317 g/mol. The van der Waals surface area contributed by atoms with Gasteiger partial charge in [-0.3, -0.25) is 9.48 Å². The molecule has 0 unspecified atom stereocenters. The number of likely N-dealkylation sites (tertiary alicyclic amines) is 1. The Balaban J connectivity index is 1.46. The Hall–Kier alpha value is -1.85. The summed E-state index contributed by atoms with van der Waals surface area (Å²) < 4.78 is 1.58. The third-order valence-corrected chi connectivity index (χ3v) is 6.29. The van der Waals surface area contributed by atoms with Crippen LogP contribution in [0.5, 0.6) is 0 Å². The fourth-order valence-electron chi connectivity index (χ4n) is 4.39. The van der Waals surface area contributed by atoms with Gasteiger partial charge in [0.05, 0.1) is 6.20 Å². The molecule has 0 bridgehead atoms. The first-order valence-electron chi connectivity index (χ1n) is 8.51. The molecule has 1 atom stereocenters. The zero-order valence-electron chi connectivity index (χ0n) is 13.5. The van der Waals surface area contributed by atoms with Crippen LogP contribution in [0.25, 0.3) is 0 Å². The first kappa shape index (κ1) is 14.7. The standard InChI is InChI=1S/C17H23N3O3/c1-12-10-18-20(11-12)17(15(22)23)5-7-19(8-6-17)14(21)13-9-16(13)3-2-4-16/h10-11,13H,2-9H2,1H3,(H,22,23)/t13-/m1/s1. The molecule has 6 heteroatoms. The number of amides is 1. The number of carbonyl (C=O) groups is 2. The molecule has 2 aliphatic carbocycles. The van der Waals surface area contributed by atoms with Crippen LogP contribution in [0.3, 0.4) is 0 Å². The van der Waals surface area contributed by atoms with E-state index < -0.39 is 11.5 Å². The van der Waals surface area contributed by atoms with Crippen LogP contribution in [0.2, 0.25) is 0 Å². The maximum Gasteiger partial charge on any atom is 0.331 e. The second kappa shape index (κ2) is 4.82. The van der Waals surface area contributed by atoms with Crippen molar-refractivity contribution in [3.8, 4) is 0 Å². The summed E-state index contributed by atoms with van der Waals surface area (Å²) in [6.45, 7) is 2.93. The molecule has 6 nitrogen and oxygen atoms in total. The van der Waals surface area contributed by atoms with Gasteiger partial charge in [0.15, 0.2) is 5.54 Å². The lowest BCUT2D eigenvalue weighted by atomic mass is 9.79. The lowest BCUT2D eigenvalue weighted by Gasteiger charge is -2.39. The SMILES string of the molecule is Cc1cnn(C2(C(=O)O)CCN(C(=O)[C@H]3CC34CCC4)CC2)c1. The Morgan fingerprint density at radius 3 is 2.39 bits per heavy atom. The maximum atomic E-state index is 12.6. The molecule has 4 rings (SSSR count). The minimum Gasteiger partial charge on any atom is -0.479 e. The van der Waals surface area contributed by atoms with E-state index in [1.807, 2.05) is 11.8 Å². The van der Waals surface area contributed by atoms with Crippen molar-refractivity contribution in [3.63, 3.8) is 0 Å². The highest BCUT2D eigenvalue weighted by Crippen LogP contribution is 2.66. The molecule has 1 saturated heterocycles. The van der Waals surface area contributed by atoms with E-state index in [0.717, 1.165) is 12.0 Å². The summed E-state index contributed by atoms with van der Waals surface area (Å²) in [6.07, 6.45) is 9.02. The number of carboxylic acids is 1. The highest BCUT2D eigenvalue weighted by Gasteiger charge is 2.62. The number of aromatic nitrogens is 2. The molecule has 23 heavy (non-hydrogen) atoms. The first-order valence-corrected chi connectivity index (χ1v) is 8.51. The van der Waals surface area contributed by atoms with Gasteiger partial charge in [-0.05, 0) is 37.2 Å². The quantitative estimate of drug-likeness (QED) is 0.922. The van der Waals surface area contributed by atoms with Gasteiger partial charge in [0.25, 0.3) is 0 Å². The first-order chi connectivity index (χ1) is 11.0. The van der Waals surface area contributed by atoms with Crippen molar-refractivity contribution in [1.29, 1.82) is 0 Å². The summed E-state index contributed by atoms with van der Waals surface area (Å²) >= 11 is 0. The van der Waals surface area contributed by atoms with Crippen molar-refractivity contribution in [2.75, 3.05) is 13.1 Å². The number of rotatable bonds is 3. The highest BCUT2D eigenvalue weighted by atomic mass is 16.4. The molecule has 1 spiro atoms. The number of carboxylic acid groups (broad SMARTS) is 1. The van der Waals surface area contributed by atoms with E-state index in [0.29, 0.717) is 31.3 Å². The Morgan fingerprint density at radius 2 is 1.96 bits per heavy atom. The molecule has 1 amide bonds. The molecule has 1 aromatic rings. The number of aliphatic carboxylic acids is 1. The van der Waals surface area contributed by atoms with E-state index in [1.165, 1.54) is 19.3 Å². The average Bonchev–Trinajstić information content (AvgIpc) is 3.14. The van der Waals surface area contributed by atoms with E-state index in [2.05, 4.69) is 5.10 Å². The van der Waals surface area contributed by atoms with Crippen LogP contribution in [-0.4, -0.2) is 44.8 Å². The molecular weight excluding hydrogens is 294 g/mol. The van der Waals surface area contributed by atoms with Gasteiger partial charge < -0.3 is 10.0 Å². The Morgan fingerprint density at radius 1 is 1.26 bits per heavy atom. The topological polar surface area (TPSA) is 75.4 Å². The van der Waals surface area contributed by atoms with E-state index in [9.17, 15) is 14.7 Å². The fourth-order valence-corrected chi connectivity index (χ4v) is 4.39. The van der Waals surface area contributed by atoms with Crippen LogP contribution in [-0.2, 0) is 15.1 Å². The predicted octanol–water partition coefficient (Wildman–Crippen LogP) is 1.78. The van der Waals surface area contributed by atoms with E-state index >= 15 is 0 Å². The maximum absolute atomic E-state index is 12.6. The molecule has 2 heterocycles. The summed E-state index contributed by atoms with van der Waals surface area (Å²) in [5.41, 5.74) is 0.273. The van der Waals surface area contributed by atoms with Crippen LogP contribution >= 0.6 is 0 Å². The molecule has 3 aliphatic rings. The molecule has 2 saturated carbocycles. The van der Waals surface area contributed by atoms with Crippen molar-refractivity contribution >= 4 is 11.9 Å². The van der Waals surface area contributed by atoms with Crippen LogP contribution in [0.4, 0.5) is 0 Å². The Kier molecular flexibility index (Phi) is 3.09. The van der Waals surface area contributed by atoms with E-state index in [4.69, 9.17) is 0 Å². The number of carbonyl (C=O) groups excluding carboxylic acids is 1. The van der Waals surface area contributed by atoms with Gasteiger partial charge in [0.2, 0.25) is 5.91 Å². The van der Waals surface area contributed by atoms with Crippen LogP contribution in [0.15, 0.2) is 12.4 Å². The Bertz CT molecular complexity index is 654. The molecule has 0 aromatic carbocycles. The lowest BCUT2D eigenvalue weighted by Crippen LogP contribution is -2.53. The number of hydrogen-bond donors (Lipinski definition) is 1. The zero-order chi connectivity index (χ0) is 16.2. The number of hydrogen-bond acceptors (Lipinski definition) is 3. The summed E-state index contributed by atoms with van der Waals surface area (Å²) in [5.74, 6) is -0.393. The zero-order valence-corrected chi connectivity index (χ0v) is 13.5. The van der Waals surface area contributed by atoms with Crippen molar-refractivity contribution < 1.29 is 14.7 Å². The fraction of sp³-hybridized carbons (Fsp3) is 0.706. The van der Waals surface area contributed by atoms with Crippen molar-refractivity contribution in [2.45, 2.75) is 51.0 Å². The largest absolute Gasteiger partial charge is 0.479 e. The smallest absolute Gasteiger partial charge is 0.331 e. The molecule has 1 aliphatic heterocycles. The molecular formula is C17H23N3O3. The summed E-state index contributed by atoms with van der Waals surface area (Å²) in [7, 11) is 0. The predicted molar refractivity (Wildman–Crippen MR) is 82.8 cm³/mol. The second-order valence-electron chi connectivity index (χ2n) is 7.60. The number of piperidine rings is 1. The van der Waals surface area contributed by atoms with E-state index in [1.54, 1.807) is 17.1 Å². The van der Waals surface area contributed by atoms with Crippen LogP contribution in [0.1, 0.15) is 44.1 Å². The minimum atomic E-state index is -1.01. The van der Waals surface area contributed by atoms with Crippen molar-refractivity contribution in [3.05, 3.63) is 18.0 Å². The summed E-state index contributed by atoms with van der Waals surface area (Å²) in [6, 6.07) is 0. The van der Waals surface area contributed by atoms with E-state index in [-0.39, 0.29) is 11.8 Å². The van der Waals surface area contributed by atoms with Gasteiger partial charge in [0, 0.05) is 38.0 Å². The van der Waals surface area contributed by atoms with Gasteiger partial charge in [-0.2, -0.15) is 5.10 Å². The molecule has 1 aromatic heterocycles. The molecule has 0 radical (unpaired) electrons. The van der Waals surface area contributed by atoms with Crippen LogP contribution in [0, 0.1) is 18.3 Å². The van der Waals surface area contributed by atoms with Gasteiger partial charge >= 0.3 is 5.97 Å². The number of aryl methyl sites for hydroxylation is 1. The highest BCUT2D eigenvalue weighted by molar-refractivity contribution is 5.84. The third-order valence-electron chi connectivity index (χ3n) is 6.29. The lowest BCUT2D eigenvalue weighted by molar-refractivity contribution is -0.154. The van der Waals surface area contributed by atoms with Crippen molar-refractivity contribution in [1.82, 2.24) is 14.7 Å². The van der Waals surface area contributed by atoms with Crippen molar-refractivity contribution in [2.24, 2.45) is 11.3 Å². The second-order valence-corrected chi connectivity index (χ2v) is 7.60. The van der Waals surface area contributed by atoms with Crippen LogP contribution < -0.4 is 0 Å². The summed E-state index contributed by atoms with van der Waals surface area (Å²) in [5, 5.41) is 14.0. The Labute approximate surface area is 135 Å². The van der Waals surface area contributed by atoms with Gasteiger partial charge in [-0.25, -0.2) is 4.79 Å². The molecule has 3 fully saturated rings.